The largest absolute Gasteiger partial charge is 0.360 e. The first-order valence-electron chi connectivity index (χ1n) is 7.77. The van der Waals surface area contributed by atoms with Crippen molar-refractivity contribution in [2.24, 2.45) is 0 Å². The van der Waals surface area contributed by atoms with Gasteiger partial charge in [0.1, 0.15) is 5.76 Å². The second kappa shape index (κ2) is 8.07. The zero-order chi connectivity index (χ0) is 17.6. The lowest BCUT2D eigenvalue weighted by Gasteiger charge is -2.07. The van der Waals surface area contributed by atoms with Crippen LogP contribution in [0.2, 0.25) is 0 Å². The van der Waals surface area contributed by atoms with E-state index in [4.69, 9.17) is 4.52 Å². The van der Waals surface area contributed by atoms with Crippen LogP contribution in [-0.2, 0) is 10.0 Å². The smallest absolute Gasteiger partial charge is 0.256 e. The van der Waals surface area contributed by atoms with Crippen LogP contribution < -0.4 is 10.0 Å². The molecule has 0 fully saturated rings. The summed E-state index contributed by atoms with van der Waals surface area (Å²) < 4.78 is 31.7. The van der Waals surface area contributed by atoms with Gasteiger partial charge in [-0.3, -0.25) is 4.79 Å². The Hall–Kier alpha value is -2.19. The molecule has 0 saturated heterocycles. The van der Waals surface area contributed by atoms with Crippen molar-refractivity contribution in [1.29, 1.82) is 0 Å². The molecule has 0 saturated carbocycles. The third-order valence-electron chi connectivity index (χ3n) is 3.37. The van der Waals surface area contributed by atoms with Crippen molar-refractivity contribution in [2.45, 2.75) is 38.0 Å². The van der Waals surface area contributed by atoms with Gasteiger partial charge in [0.2, 0.25) is 10.0 Å². The third kappa shape index (κ3) is 4.90. The summed E-state index contributed by atoms with van der Waals surface area (Å²) >= 11 is 0. The number of aryl methyl sites for hydroxylation is 1. The lowest BCUT2D eigenvalue weighted by molar-refractivity contribution is 0.102. The molecule has 0 bridgehead atoms. The minimum atomic E-state index is -3.55. The van der Waals surface area contributed by atoms with E-state index >= 15 is 0 Å². The van der Waals surface area contributed by atoms with E-state index in [1.165, 1.54) is 24.3 Å². The molecule has 1 amide bonds. The standard InChI is InChI=1S/C16H21N3O4S/c1-3-4-5-10-17-24(21,22)14-8-6-13(7-9-14)16(20)18-15-11-12(2)23-19-15/h6-9,11,17H,3-5,10H2,1-2H3,(H,18,19,20). The van der Waals surface area contributed by atoms with Crippen LogP contribution in [0.15, 0.2) is 39.8 Å². The predicted molar refractivity (Wildman–Crippen MR) is 90.3 cm³/mol. The molecule has 8 heteroatoms. The quantitative estimate of drug-likeness (QED) is 0.712. The fourth-order valence-corrected chi connectivity index (χ4v) is 3.14. The number of nitrogens with one attached hydrogen (secondary N) is 2. The molecule has 130 valence electrons. The Balaban J connectivity index is 2.00. The second-order valence-electron chi connectivity index (χ2n) is 5.41. The van der Waals surface area contributed by atoms with E-state index in [1.807, 2.05) is 0 Å². The number of benzene rings is 1. The summed E-state index contributed by atoms with van der Waals surface area (Å²) in [6.07, 6.45) is 2.80. The average Bonchev–Trinajstić information content (AvgIpc) is 2.96. The summed E-state index contributed by atoms with van der Waals surface area (Å²) in [5, 5.41) is 6.25. The summed E-state index contributed by atoms with van der Waals surface area (Å²) in [5.41, 5.74) is 0.334. The molecular formula is C16H21N3O4S. The highest BCUT2D eigenvalue weighted by Gasteiger charge is 2.15. The number of aromatic nitrogens is 1. The predicted octanol–water partition coefficient (Wildman–Crippen LogP) is 2.70. The Bertz CT molecular complexity index is 782. The highest BCUT2D eigenvalue weighted by molar-refractivity contribution is 7.89. The molecule has 0 unspecified atom stereocenters. The van der Waals surface area contributed by atoms with Gasteiger partial charge in [0.25, 0.3) is 5.91 Å². The van der Waals surface area contributed by atoms with Crippen LogP contribution in [0.4, 0.5) is 5.82 Å². The van der Waals surface area contributed by atoms with Gasteiger partial charge in [-0.1, -0.05) is 24.9 Å². The number of hydrogen-bond donors (Lipinski definition) is 2. The lowest BCUT2D eigenvalue weighted by atomic mass is 10.2. The van der Waals surface area contributed by atoms with Gasteiger partial charge < -0.3 is 9.84 Å². The Morgan fingerprint density at radius 2 is 1.92 bits per heavy atom. The molecule has 2 aromatic rings. The van der Waals surface area contributed by atoms with Crippen molar-refractivity contribution in [3.63, 3.8) is 0 Å². The first-order chi connectivity index (χ1) is 11.4. The van der Waals surface area contributed by atoms with Gasteiger partial charge in [-0.2, -0.15) is 0 Å². The van der Waals surface area contributed by atoms with Crippen LogP contribution in [0.5, 0.6) is 0 Å². The molecule has 1 aromatic carbocycles. The fourth-order valence-electron chi connectivity index (χ4n) is 2.06. The normalized spacial score (nSPS) is 11.4. The van der Waals surface area contributed by atoms with Crippen LogP contribution in [-0.4, -0.2) is 26.0 Å². The zero-order valence-corrected chi connectivity index (χ0v) is 14.5. The first-order valence-corrected chi connectivity index (χ1v) is 9.25. The number of rotatable bonds is 8. The summed E-state index contributed by atoms with van der Waals surface area (Å²) in [6, 6.07) is 7.33. The van der Waals surface area contributed by atoms with E-state index in [9.17, 15) is 13.2 Å². The molecule has 1 heterocycles. The molecule has 0 atom stereocenters. The minimum Gasteiger partial charge on any atom is -0.360 e. The van der Waals surface area contributed by atoms with E-state index in [0.29, 0.717) is 23.7 Å². The van der Waals surface area contributed by atoms with Gasteiger partial charge in [-0.25, -0.2) is 13.1 Å². The van der Waals surface area contributed by atoms with Crippen LogP contribution in [0, 0.1) is 6.92 Å². The minimum absolute atomic E-state index is 0.132. The van der Waals surface area contributed by atoms with Crippen molar-refractivity contribution in [3.8, 4) is 0 Å². The topological polar surface area (TPSA) is 101 Å². The lowest BCUT2D eigenvalue weighted by Crippen LogP contribution is -2.24. The van der Waals surface area contributed by atoms with Gasteiger partial charge >= 0.3 is 0 Å². The average molecular weight is 351 g/mol. The number of nitrogens with zero attached hydrogens (tertiary/aromatic N) is 1. The summed E-state index contributed by atoms with van der Waals surface area (Å²) in [6.45, 7) is 4.18. The molecule has 0 aliphatic carbocycles. The maximum absolute atomic E-state index is 12.1. The van der Waals surface area contributed by atoms with Gasteiger partial charge in [-0.15, -0.1) is 0 Å². The molecule has 0 aliphatic heterocycles. The highest BCUT2D eigenvalue weighted by atomic mass is 32.2. The van der Waals surface area contributed by atoms with Crippen LogP contribution >= 0.6 is 0 Å². The molecule has 1 aromatic heterocycles. The Kier molecular flexibility index (Phi) is 6.10. The molecule has 0 radical (unpaired) electrons. The monoisotopic (exact) mass is 351 g/mol. The molecule has 2 N–H and O–H groups in total. The number of hydrogen-bond acceptors (Lipinski definition) is 5. The second-order valence-corrected chi connectivity index (χ2v) is 7.17. The number of carbonyl (C=O) groups excluding carboxylic acids is 1. The van der Waals surface area contributed by atoms with E-state index in [1.54, 1.807) is 13.0 Å². The van der Waals surface area contributed by atoms with Crippen molar-refractivity contribution in [2.75, 3.05) is 11.9 Å². The Morgan fingerprint density at radius 3 is 2.50 bits per heavy atom. The van der Waals surface area contributed by atoms with Gasteiger partial charge in [0, 0.05) is 18.2 Å². The third-order valence-corrected chi connectivity index (χ3v) is 4.85. The maximum Gasteiger partial charge on any atom is 0.256 e. The number of unbranched alkanes of at least 4 members (excludes halogenated alkanes) is 2. The maximum atomic E-state index is 12.1. The number of carbonyl (C=O) groups is 1. The van der Waals surface area contributed by atoms with Crippen LogP contribution in [0.1, 0.15) is 42.3 Å². The van der Waals surface area contributed by atoms with Gasteiger partial charge in [0.15, 0.2) is 5.82 Å². The van der Waals surface area contributed by atoms with Crippen LogP contribution in [0.3, 0.4) is 0 Å². The molecule has 0 aliphatic rings. The van der Waals surface area contributed by atoms with E-state index in [2.05, 4.69) is 22.1 Å². The van der Waals surface area contributed by atoms with Crippen molar-refractivity contribution in [1.82, 2.24) is 9.88 Å². The molecule has 24 heavy (non-hydrogen) atoms. The molecule has 2 rings (SSSR count). The molecule has 0 spiro atoms. The first kappa shape index (κ1) is 18.2. The van der Waals surface area contributed by atoms with E-state index < -0.39 is 10.0 Å². The number of amides is 1. The Labute approximate surface area is 141 Å². The summed E-state index contributed by atoms with van der Waals surface area (Å²) in [4.78, 5) is 12.2. The summed E-state index contributed by atoms with van der Waals surface area (Å²) in [7, 11) is -3.55. The van der Waals surface area contributed by atoms with Crippen molar-refractivity contribution < 1.29 is 17.7 Å². The SMILES string of the molecule is CCCCCNS(=O)(=O)c1ccc(C(=O)Nc2cc(C)on2)cc1. The molecule has 7 nitrogen and oxygen atoms in total. The highest BCUT2D eigenvalue weighted by Crippen LogP contribution is 2.13. The number of sulfonamides is 1. The Morgan fingerprint density at radius 1 is 1.21 bits per heavy atom. The van der Waals surface area contributed by atoms with Gasteiger partial charge in [-0.05, 0) is 37.6 Å². The van der Waals surface area contributed by atoms with Crippen molar-refractivity contribution in [3.05, 3.63) is 41.7 Å². The van der Waals surface area contributed by atoms with Crippen molar-refractivity contribution >= 4 is 21.7 Å². The van der Waals surface area contributed by atoms with Gasteiger partial charge in [0.05, 0.1) is 4.90 Å². The zero-order valence-electron chi connectivity index (χ0n) is 13.7. The van der Waals surface area contributed by atoms with E-state index in [0.717, 1.165) is 19.3 Å². The molecular weight excluding hydrogens is 330 g/mol. The van der Waals surface area contributed by atoms with E-state index in [-0.39, 0.29) is 10.8 Å². The van der Waals surface area contributed by atoms with Crippen LogP contribution in [0.25, 0.3) is 0 Å². The summed E-state index contributed by atoms with van der Waals surface area (Å²) in [5.74, 6) is 0.510. The fraction of sp³-hybridized carbons (Fsp3) is 0.375. The number of anilines is 1.